The molecule has 0 heterocycles. The van der Waals surface area contributed by atoms with Gasteiger partial charge in [0, 0.05) is 20.6 Å². The van der Waals surface area contributed by atoms with Crippen molar-refractivity contribution in [1.82, 2.24) is 0 Å². The number of carboxylic acids is 4. The van der Waals surface area contributed by atoms with E-state index in [1.165, 1.54) is 0 Å². The minimum atomic E-state index is -1.29. The number of aliphatic imine (C=N–C) groups is 1. The molecule has 2 aromatic carbocycles. The second kappa shape index (κ2) is 23.6. The average molecular weight is 608 g/mol. The standard InChI is InChI=1S/C14H15N3.C6H14N4O2.C4H7NO4.C2H5NO2/c1-17(2)14-11-7-6-10-13(14)16-15-12-8-4-3-5-9-12;7-4(5(11)12)2-1-3-10-6(8)9;5-2(4(8)9)1-3(6)7;3-1-2(4)5/h3-11H,1-2H3;4H,1-3,7H2,(H,11,12)(H4,8,9,10);2H,1,5H2,(H,6,7)(H,8,9);1,3H2,(H,4,5). The number of aliphatic carboxylic acids is 4. The van der Waals surface area contributed by atoms with Crippen LogP contribution in [0.4, 0.5) is 17.1 Å². The third-order valence-corrected chi connectivity index (χ3v) is 4.56. The number of benzene rings is 2. The highest BCUT2D eigenvalue weighted by molar-refractivity contribution is 5.80. The Hall–Kier alpha value is -5.13. The van der Waals surface area contributed by atoms with Crippen LogP contribution < -0.4 is 33.6 Å². The summed E-state index contributed by atoms with van der Waals surface area (Å²) in [4.78, 5) is 44.8. The molecule has 0 aromatic heterocycles. The van der Waals surface area contributed by atoms with Gasteiger partial charge >= 0.3 is 23.9 Å². The van der Waals surface area contributed by atoms with E-state index >= 15 is 0 Å². The molecule has 0 fully saturated rings. The van der Waals surface area contributed by atoms with Crippen molar-refractivity contribution >= 4 is 46.9 Å². The number of carboxylic acid groups (broad SMARTS) is 4. The van der Waals surface area contributed by atoms with Crippen molar-refractivity contribution in [2.45, 2.75) is 31.3 Å². The maximum absolute atomic E-state index is 10.2. The molecule has 0 aliphatic carbocycles. The third-order valence-electron chi connectivity index (χ3n) is 4.56. The summed E-state index contributed by atoms with van der Waals surface area (Å²) < 4.78 is 0. The normalized spacial score (nSPS) is 11.1. The number of para-hydroxylation sites is 1. The molecule has 2 aromatic rings. The first-order chi connectivity index (χ1) is 20.1. The minimum absolute atomic E-state index is 0.0129. The Kier molecular flexibility index (Phi) is 21.9. The lowest BCUT2D eigenvalue weighted by Gasteiger charge is -2.13. The van der Waals surface area contributed by atoms with Crippen molar-refractivity contribution in [2.24, 2.45) is 43.9 Å². The molecule has 2 unspecified atom stereocenters. The molecule has 238 valence electrons. The quantitative estimate of drug-likeness (QED) is 0.0687. The Labute approximate surface area is 248 Å². The molecule has 0 radical (unpaired) electrons. The zero-order valence-electron chi connectivity index (χ0n) is 24.0. The fourth-order valence-corrected chi connectivity index (χ4v) is 2.45. The Morgan fingerprint density at radius 1 is 0.791 bits per heavy atom. The summed E-state index contributed by atoms with van der Waals surface area (Å²) in [5.74, 6) is -4.45. The first kappa shape index (κ1) is 40.0. The molecule has 0 saturated heterocycles. The van der Waals surface area contributed by atoms with Crippen molar-refractivity contribution in [1.29, 1.82) is 0 Å². The van der Waals surface area contributed by atoms with Crippen LogP contribution in [-0.2, 0) is 19.2 Å². The highest BCUT2D eigenvalue weighted by atomic mass is 16.4. The number of hydrogen-bond acceptors (Lipinski definition) is 11. The van der Waals surface area contributed by atoms with Gasteiger partial charge in [-0.3, -0.25) is 24.2 Å². The molecule has 17 nitrogen and oxygen atoms in total. The van der Waals surface area contributed by atoms with Gasteiger partial charge in [0.25, 0.3) is 0 Å². The number of azo groups is 1. The molecule has 0 aliphatic rings. The Bertz CT molecular complexity index is 1170. The predicted molar refractivity (Wildman–Crippen MR) is 161 cm³/mol. The molecule has 0 bridgehead atoms. The molecule has 0 amide bonds. The van der Waals surface area contributed by atoms with E-state index in [9.17, 15) is 19.2 Å². The largest absolute Gasteiger partial charge is 0.481 e. The van der Waals surface area contributed by atoms with E-state index in [0.29, 0.717) is 19.4 Å². The Morgan fingerprint density at radius 2 is 1.30 bits per heavy atom. The molecule has 14 N–H and O–H groups in total. The zero-order valence-corrected chi connectivity index (χ0v) is 24.0. The summed E-state index contributed by atoms with van der Waals surface area (Å²) >= 11 is 0. The van der Waals surface area contributed by atoms with Crippen LogP contribution in [0.1, 0.15) is 19.3 Å². The monoisotopic (exact) mass is 607 g/mol. The summed E-state index contributed by atoms with van der Waals surface area (Å²) in [6.45, 7) is 0.142. The third kappa shape index (κ3) is 23.3. The Morgan fingerprint density at radius 3 is 1.72 bits per heavy atom. The molecule has 2 atom stereocenters. The van der Waals surface area contributed by atoms with Gasteiger partial charge in [0.05, 0.1) is 24.3 Å². The molecule has 17 heteroatoms. The summed E-state index contributed by atoms with van der Waals surface area (Å²) in [5, 5.41) is 40.5. The molecule has 0 spiro atoms. The summed E-state index contributed by atoms with van der Waals surface area (Å²) in [6, 6.07) is 15.6. The lowest BCUT2D eigenvalue weighted by Crippen LogP contribution is -2.32. The van der Waals surface area contributed by atoms with E-state index in [-0.39, 0.29) is 12.5 Å². The molecular formula is C26H41N9O8. The number of nitrogens with two attached hydrogens (primary N) is 5. The molecular weight excluding hydrogens is 566 g/mol. The lowest BCUT2D eigenvalue weighted by atomic mass is 10.2. The average Bonchev–Trinajstić information content (AvgIpc) is 2.95. The van der Waals surface area contributed by atoms with E-state index in [2.05, 4.69) is 21.0 Å². The van der Waals surface area contributed by atoms with Gasteiger partial charge in [-0.15, -0.1) is 5.11 Å². The van der Waals surface area contributed by atoms with E-state index < -0.39 is 42.4 Å². The predicted octanol–water partition coefficient (Wildman–Crippen LogP) is 0.523. The number of nitrogens with zero attached hydrogens (tertiary/aromatic N) is 4. The van der Waals surface area contributed by atoms with Gasteiger partial charge in [-0.1, -0.05) is 30.3 Å². The SMILES string of the molecule is CN(C)c1ccccc1N=Nc1ccccc1.NC(CC(=O)O)C(=O)O.NC(N)=NCCCC(N)C(=O)O.NCC(=O)O. The topological polar surface area (TPSA) is 320 Å². The zero-order chi connectivity index (χ0) is 33.4. The minimum Gasteiger partial charge on any atom is -0.481 e. The summed E-state index contributed by atoms with van der Waals surface area (Å²) in [5.41, 5.74) is 27.5. The first-order valence-electron chi connectivity index (χ1n) is 12.5. The van der Waals surface area contributed by atoms with Crippen LogP contribution in [0.3, 0.4) is 0 Å². The van der Waals surface area contributed by atoms with Crippen molar-refractivity contribution in [3.8, 4) is 0 Å². The highest BCUT2D eigenvalue weighted by Crippen LogP contribution is 2.28. The van der Waals surface area contributed by atoms with Gasteiger partial charge in [-0.25, -0.2) is 0 Å². The number of carbonyl (C=O) groups is 4. The van der Waals surface area contributed by atoms with Gasteiger partial charge < -0.3 is 54.0 Å². The lowest BCUT2D eigenvalue weighted by molar-refractivity contribution is -0.144. The van der Waals surface area contributed by atoms with Crippen LogP contribution in [-0.4, -0.2) is 89.5 Å². The maximum atomic E-state index is 10.2. The maximum Gasteiger partial charge on any atom is 0.321 e. The van der Waals surface area contributed by atoms with Gasteiger partial charge in [0.2, 0.25) is 0 Å². The van der Waals surface area contributed by atoms with Crippen LogP contribution in [0.5, 0.6) is 0 Å². The fraction of sp³-hybridized carbons (Fsp3) is 0.346. The van der Waals surface area contributed by atoms with Crippen molar-refractivity contribution in [2.75, 3.05) is 32.1 Å². The molecule has 0 saturated carbocycles. The van der Waals surface area contributed by atoms with Crippen LogP contribution in [0, 0.1) is 0 Å². The molecule has 2 rings (SSSR count). The fourth-order valence-electron chi connectivity index (χ4n) is 2.45. The highest BCUT2D eigenvalue weighted by Gasteiger charge is 2.14. The van der Waals surface area contributed by atoms with E-state index in [1.54, 1.807) is 0 Å². The number of anilines is 1. The van der Waals surface area contributed by atoms with Crippen LogP contribution >= 0.6 is 0 Å². The first-order valence-corrected chi connectivity index (χ1v) is 12.5. The smallest absolute Gasteiger partial charge is 0.321 e. The van der Waals surface area contributed by atoms with Crippen molar-refractivity contribution in [3.63, 3.8) is 0 Å². The summed E-state index contributed by atoms with van der Waals surface area (Å²) in [6.07, 6.45) is 0.423. The van der Waals surface area contributed by atoms with Crippen LogP contribution in [0.25, 0.3) is 0 Å². The second-order valence-electron chi connectivity index (χ2n) is 8.45. The van der Waals surface area contributed by atoms with Gasteiger partial charge in [0.1, 0.15) is 17.8 Å². The van der Waals surface area contributed by atoms with Crippen LogP contribution in [0.2, 0.25) is 0 Å². The summed E-state index contributed by atoms with van der Waals surface area (Å²) in [7, 11) is 3.99. The van der Waals surface area contributed by atoms with Crippen molar-refractivity contribution < 1.29 is 39.6 Å². The van der Waals surface area contributed by atoms with Crippen LogP contribution in [0.15, 0.2) is 69.8 Å². The van der Waals surface area contributed by atoms with Crippen molar-refractivity contribution in [3.05, 3.63) is 54.6 Å². The Balaban J connectivity index is 0. The van der Waals surface area contributed by atoms with Gasteiger partial charge in [-0.2, -0.15) is 5.11 Å². The molecule has 43 heavy (non-hydrogen) atoms. The van der Waals surface area contributed by atoms with E-state index in [4.69, 9.17) is 43.4 Å². The van der Waals surface area contributed by atoms with Gasteiger partial charge in [-0.05, 0) is 37.1 Å². The van der Waals surface area contributed by atoms with E-state index in [0.717, 1.165) is 17.1 Å². The second-order valence-corrected chi connectivity index (χ2v) is 8.45. The number of guanidine groups is 1. The van der Waals surface area contributed by atoms with E-state index in [1.807, 2.05) is 73.6 Å². The molecule has 0 aliphatic heterocycles. The number of hydrogen-bond donors (Lipinski definition) is 9. The van der Waals surface area contributed by atoms with Gasteiger partial charge in [0.15, 0.2) is 5.96 Å². The number of rotatable bonds is 12.